The molecular formula is C15H16ClIN4. The molecule has 110 valence electrons. The van der Waals surface area contributed by atoms with Crippen molar-refractivity contribution < 1.29 is 0 Å². The van der Waals surface area contributed by atoms with E-state index < -0.39 is 0 Å². The predicted molar refractivity (Wildman–Crippen MR) is 93.9 cm³/mol. The third kappa shape index (κ3) is 2.81. The largest absolute Gasteiger partial charge is 0.323 e. The van der Waals surface area contributed by atoms with Gasteiger partial charge in [0, 0.05) is 34.2 Å². The zero-order valence-electron chi connectivity index (χ0n) is 12.0. The topological polar surface area (TPSA) is 35.6 Å². The van der Waals surface area contributed by atoms with Crippen molar-refractivity contribution in [1.29, 1.82) is 0 Å². The molecule has 0 bridgehead atoms. The van der Waals surface area contributed by atoms with E-state index >= 15 is 0 Å². The highest BCUT2D eigenvalue weighted by atomic mass is 127. The van der Waals surface area contributed by atoms with Crippen LogP contribution in [0, 0.1) is 10.5 Å². The summed E-state index contributed by atoms with van der Waals surface area (Å²) < 4.78 is 5.34. The molecule has 0 aliphatic rings. The molecule has 0 saturated heterocycles. The lowest BCUT2D eigenvalue weighted by atomic mass is 10.2. The van der Waals surface area contributed by atoms with Crippen LogP contribution in [0.1, 0.15) is 17.1 Å². The van der Waals surface area contributed by atoms with Gasteiger partial charge in [-0.1, -0.05) is 0 Å². The molecule has 0 amide bonds. The summed E-state index contributed by atoms with van der Waals surface area (Å²) in [5, 5.41) is 4.32. The summed E-state index contributed by atoms with van der Waals surface area (Å²) in [7, 11) is 1.97. The Labute approximate surface area is 142 Å². The Bertz CT molecular complexity index is 790. The summed E-state index contributed by atoms with van der Waals surface area (Å²) in [6.45, 7) is 2.87. The van der Waals surface area contributed by atoms with Crippen molar-refractivity contribution in [2.75, 3.05) is 5.88 Å². The molecule has 0 radical (unpaired) electrons. The van der Waals surface area contributed by atoms with E-state index in [0.717, 1.165) is 29.8 Å². The normalized spacial score (nSPS) is 11.4. The molecule has 3 rings (SSSR count). The fraction of sp³-hybridized carbons (Fsp3) is 0.333. The standard InChI is InChI=1S/C15H16ClIN4/c1-10-11(8-18-20(10)2)9-21-14-4-3-12(17)7-13(14)19-15(21)5-6-16/h3-4,7-8H,5-6,9H2,1-2H3. The Morgan fingerprint density at radius 3 is 2.81 bits per heavy atom. The van der Waals surface area contributed by atoms with Gasteiger partial charge in [-0.2, -0.15) is 5.10 Å². The number of fused-ring (bicyclic) bond motifs is 1. The highest BCUT2D eigenvalue weighted by molar-refractivity contribution is 14.1. The van der Waals surface area contributed by atoms with Crippen LogP contribution in [-0.4, -0.2) is 25.2 Å². The van der Waals surface area contributed by atoms with Crippen molar-refractivity contribution in [1.82, 2.24) is 19.3 Å². The average molecular weight is 415 g/mol. The maximum absolute atomic E-state index is 5.93. The van der Waals surface area contributed by atoms with E-state index in [1.807, 2.05) is 17.9 Å². The highest BCUT2D eigenvalue weighted by Crippen LogP contribution is 2.21. The zero-order valence-corrected chi connectivity index (χ0v) is 14.9. The van der Waals surface area contributed by atoms with Gasteiger partial charge in [0.1, 0.15) is 5.82 Å². The van der Waals surface area contributed by atoms with E-state index in [-0.39, 0.29) is 0 Å². The van der Waals surface area contributed by atoms with Crippen molar-refractivity contribution >= 4 is 45.2 Å². The Morgan fingerprint density at radius 1 is 1.33 bits per heavy atom. The molecular weight excluding hydrogens is 399 g/mol. The summed E-state index contributed by atoms with van der Waals surface area (Å²) in [4.78, 5) is 4.74. The fourth-order valence-electron chi connectivity index (χ4n) is 2.47. The first-order valence-electron chi connectivity index (χ1n) is 6.78. The van der Waals surface area contributed by atoms with E-state index in [1.165, 1.54) is 14.8 Å². The van der Waals surface area contributed by atoms with Crippen LogP contribution in [0.3, 0.4) is 0 Å². The quantitative estimate of drug-likeness (QED) is 0.484. The van der Waals surface area contributed by atoms with Gasteiger partial charge in [-0.3, -0.25) is 4.68 Å². The SMILES string of the molecule is Cc1c(Cn2c(CCCl)nc3cc(I)ccc32)cnn1C. The molecule has 0 aliphatic carbocycles. The van der Waals surface area contributed by atoms with Gasteiger partial charge >= 0.3 is 0 Å². The van der Waals surface area contributed by atoms with Gasteiger partial charge in [0.15, 0.2) is 0 Å². The molecule has 4 nitrogen and oxygen atoms in total. The first-order valence-corrected chi connectivity index (χ1v) is 8.39. The number of benzene rings is 1. The van der Waals surface area contributed by atoms with Gasteiger partial charge < -0.3 is 4.57 Å². The number of hydrogen-bond donors (Lipinski definition) is 0. The molecule has 0 aliphatic heterocycles. The van der Waals surface area contributed by atoms with Crippen LogP contribution in [0.2, 0.25) is 0 Å². The monoisotopic (exact) mass is 414 g/mol. The molecule has 0 atom stereocenters. The minimum atomic E-state index is 0.576. The van der Waals surface area contributed by atoms with Gasteiger partial charge in [-0.25, -0.2) is 4.98 Å². The van der Waals surface area contributed by atoms with Crippen LogP contribution < -0.4 is 0 Å². The van der Waals surface area contributed by atoms with Crippen molar-refractivity contribution in [2.45, 2.75) is 19.9 Å². The molecule has 6 heteroatoms. The third-order valence-corrected chi connectivity index (χ3v) is 4.63. The van der Waals surface area contributed by atoms with E-state index in [0.29, 0.717) is 5.88 Å². The first kappa shape index (κ1) is 14.8. The second kappa shape index (κ2) is 5.96. The number of aryl methyl sites for hydroxylation is 2. The Balaban J connectivity index is 2.10. The van der Waals surface area contributed by atoms with Crippen LogP contribution >= 0.6 is 34.2 Å². The van der Waals surface area contributed by atoms with E-state index in [2.05, 4.69) is 57.4 Å². The molecule has 0 spiro atoms. The number of hydrogen-bond acceptors (Lipinski definition) is 2. The van der Waals surface area contributed by atoms with Crippen LogP contribution in [-0.2, 0) is 20.0 Å². The van der Waals surface area contributed by atoms with Crippen LogP contribution in [0.15, 0.2) is 24.4 Å². The van der Waals surface area contributed by atoms with Crippen molar-refractivity contribution in [2.24, 2.45) is 7.05 Å². The number of halogens is 2. The number of alkyl halides is 1. The van der Waals surface area contributed by atoms with Crippen LogP contribution in [0.4, 0.5) is 0 Å². The molecule has 3 aromatic rings. The highest BCUT2D eigenvalue weighted by Gasteiger charge is 2.13. The zero-order chi connectivity index (χ0) is 15.0. The molecule has 2 aromatic heterocycles. The Hall–Kier alpha value is -1.08. The second-order valence-corrected chi connectivity index (χ2v) is 6.69. The van der Waals surface area contributed by atoms with Crippen molar-refractivity contribution in [3.8, 4) is 0 Å². The summed E-state index contributed by atoms with van der Waals surface area (Å²) in [5.74, 6) is 1.61. The smallest absolute Gasteiger partial charge is 0.111 e. The summed E-state index contributed by atoms with van der Waals surface area (Å²) in [5.41, 5.74) is 4.58. The summed E-state index contributed by atoms with van der Waals surface area (Å²) >= 11 is 8.25. The summed E-state index contributed by atoms with van der Waals surface area (Å²) in [6.07, 6.45) is 2.70. The average Bonchev–Trinajstić information content (AvgIpc) is 2.94. The molecule has 21 heavy (non-hydrogen) atoms. The lowest BCUT2D eigenvalue weighted by Crippen LogP contribution is -2.07. The molecule has 1 aromatic carbocycles. The maximum Gasteiger partial charge on any atom is 0.111 e. The number of rotatable bonds is 4. The van der Waals surface area contributed by atoms with Gasteiger partial charge in [-0.05, 0) is 47.7 Å². The van der Waals surface area contributed by atoms with E-state index in [4.69, 9.17) is 16.6 Å². The number of aromatic nitrogens is 4. The second-order valence-electron chi connectivity index (χ2n) is 5.07. The van der Waals surface area contributed by atoms with Crippen molar-refractivity contribution in [3.05, 3.63) is 45.0 Å². The lowest BCUT2D eigenvalue weighted by molar-refractivity contribution is 0.724. The third-order valence-electron chi connectivity index (χ3n) is 3.77. The predicted octanol–water partition coefficient (Wildman–Crippen LogP) is 3.51. The van der Waals surface area contributed by atoms with Crippen LogP contribution in [0.5, 0.6) is 0 Å². The Morgan fingerprint density at radius 2 is 2.14 bits per heavy atom. The van der Waals surface area contributed by atoms with Crippen LogP contribution in [0.25, 0.3) is 11.0 Å². The minimum absolute atomic E-state index is 0.576. The number of imidazole rings is 1. The van der Waals surface area contributed by atoms with Gasteiger partial charge in [0.05, 0.1) is 23.8 Å². The van der Waals surface area contributed by atoms with Gasteiger partial charge in [-0.15, -0.1) is 11.6 Å². The Kier molecular flexibility index (Phi) is 4.21. The van der Waals surface area contributed by atoms with Gasteiger partial charge in [0.25, 0.3) is 0 Å². The first-order chi connectivity index (χ1) is 10.1. The molecule has 0 fully saturated rings. The lowest BCUT2D eigenvalue weighted by Gasteiger charge is -2.08. The van der Waals surface area contributed by atoms with Gasteiger partial charge in [0.2, 0.25) is 0 Å². The molecule has 0 unspecified atom stereocenters. The minimum Gasteiger partial charge on any atom is -0.323 e. The number of nitrogens with zero attached hydrogens (tertiary/aromatic N) is 4. The van der Waals surface area contributed by atoms with E-state index in [9.17, 15) is 0 Å². The molecule has 0 saturated carbocycles. The fourth-order valence-corrected chi connectivity index (χ4v) is 3.12. The molecule has 0 N–H and O–H groups in total. The summed E-state index contributed by atoms with van der Waals surface area (Å²) in [6, 6.07) is 6.36. The van der Waals surface area contributed by atoms with E-state index in [1.54, 1.807) is 0 Å². The van der Waals surface area contributed by atoms with Crippen molar-refractivity contribution in [3.63, 3.8) is 0 Å². The molecule has 2 heterocycles. The maximum atomic E-state index is 5.93.